The summed E-state index contributed by atoms with van der Waals surface area (Å²) < 4.78 is 0. The molecule has 0 heterocycles. The summed E-state index contributed by atoms with van der Waals surface area (Å²) in [6, 6.07) is 4.99. The summed E-state index contributed by atoms with van der Waals surface area (Å²) in [4.78, 5) is 23.5. The molecule has 0 fully saturated rings. The Morgan fingerprint density at radius 1 is 1.25 bits per heavy atom. The van der Waals surface area contributed by atoms with E-state index in [2.05, 4.69) is 5.32 Å². The Hall–Kier alpha value is -1.68. The second-order valence-corrected chi connectivity index (χ2v) is 5.64. The number of nitrogens with one attached hydrogen (secondary N) is 1. The molecule has 1 aromatic carbocycles. The number of rotatable bonds is 7. The molecule has 1 rings (SSSR count). The summed E-state index contributed by atoms with van der Waals surface area (Å²) >= 11 is 0. The van der Waals surface area contributed by atoms with Crippen molar-refractivity contribution in [3.8, 4) is 0 Å². The van der Waals surface area contributed by atoms with Gasteiger partial charge in [-0.25, -0.2) is 0 Å². The second-order valence-electron chi connectivity index (χ2n) is 5.64. The molecule has 0 aliphatic carbocycles. The van der Waals surface area contributed by atoms with Gasteiger partial charge in [0, 0.05) is 5.56 Å². The van der Waals surface area contributed by atoms with Crippen LogP contribution < -0.4 is 5.32 Å². The number of Topliss-reactive ketones (excluding diaryl/α,β-unsaturated/α-hetero) is 1. The zero-order valence-electron chi connectivity index (χ0n) is 12.6. The van der Waals surface area contributed by atoms with Gasteiger partial charge in [-0.15, -0.1) is 0 Å². The Morgan fingerprint density at radius 2 is 1.90 bits per heavy atom. The van der Waals surface area contributed by atoms with Crippen LogP contribution >= 0.6 is 0 Å². The molecule has 1 aromatic rings. The van der Waals surface area contributed by atoms with Crippen molar-refractivity contribution >= 4 is 11.8 Å². The van der Waals surface area contributed by atoms with Gasteiger partial charge in [-0.05, 0) is 37.9 Å². The van der Waals surface area contributed by atoms with Crippen molar-refractivity contribution in [2.45, 2.75) is 40.2 Å². The highest BCUT2D eigenvalue weighted by molar-refractivity contribution is 6.02. The lowest BCUT2D eigenvalue weighted by Crippen LogP contribution is -2.40. The number of hydrogen-bond donors (Lipinski definition) is 2. The van der Waals surface area contributed by atoms with Gasteiger partial charge in [-0.2, -0.15) is 0 Å². The van der Waals surface area contributed by atoms with Crippen LogP contribution in [-0.4, -0.2) is 29.4 Å². The van der Waals surface area contributed by atoms with Gasteiger partial charge in [0.1, 0.15) is 0 Å². The predicted octanol–water partition coefficient (Wildman–Crippen LogP) is 2.58. The van der Waals surface area contributed by atoms with Crippen LogP contribution in [0.5, 0.6) is 0 Å². The first-order valence-electron chi connectivity index (χ1n) is 6.88. The number of hydrogen-bond acceptors (Lipinski definition) is 3. The van der Waals surface area contributed by atoms with Crippen LogP contribution in [-0.2, 0) is 4.79 Å². The predicted molar refractivity (Wildman–Crippen MR) is 79.1 cm³/mol. The largest absolute Gasteiger partial charge is 0.481 e. The SMILES string of the molecule is Cc1ccc(C)c(C(=O)C(CC(=O)O)NCC(C)C)c1. The first kappa shape index (κ1) is 16.4. The highest BCUT2D eigenvalue weighted by Crippen LogP contribution is 2.14. The zero-order chi connectivity index (χ0) is 15.3. The van der Waals surface area contributed by atoms with Crippen LogP contribution in [0.2, 0.25) is 0 Å². The Morgan fingerprint density at radius 3 is 2.45 bits per heavy atom. The van der Waals surface area contributed by atoms with E-state index in [-0.39, 0.29) is 12.2 Å². The number of carboxylic acid groups (broad SMARTS) is 1. The molecular formula is C16H23NO3. The maximum atomic E-state index is 12.5. The van der Waals surface area contributed by atoms with Crippen molar-refractivity contribution in [1.82, 2.24) is 5.32 Å². The van der Waals surface area contributed by atoms with E-state index < -0.39 is 12.0 Å². The summed E-state index contributed by atoms with van der Waals surface area (Å²) in [5, 5.41) is 12.0. The summed E-state index contributed by atoms with van der Waals surface area (Å²) in [6.45, 7) is 8.45. The molecule has 0 spiro atoms. The standard InChI is InChI=1S/C16H23NO3/c1-10(2)9-17-14(8-15(18)19)16(20)13-7-11(3)5-6-12(13)4/h5-7,10,14,17H,8-9H2,1-4H3,(H,18,19). The number of carbonyl (C=O) groups is 2. The van der Waals surface area contributed by atoms with E-state index in [1.807, 2.05) is 45.9 Å². The highest BCUT2D eigenvalue weighted by Gasteiger charge is 2.24. The van der Waals surface area contributed by atoms with Crippen LogP contribution in [0.1, 0.15) is 41.8 Å². The molecular weight excluding hydrogens is 254 g/mol. The van der Waals surface area contributed by atoms with Gasteiger partial charge in [0.2, 0.25) is 0 Å². The van der Waals surface area contributed by atoms with Gasteiger partial charge in [0.15, 0.2) is 5.78 Å². The van der Waals surface area contributed by atoms with Gasteiger partial charge in [0.05, 0.1) is 12.5 Å². The second kappa shape index (κ2) is 7.20. The number of aliphatic carboxylic acids is 1. The molecule has 1 atom stereocenters. The lowest BCUT2D eigenvalue weighted by Gasteiger charge is -2.18. The van der Waals surface area contributed by atoms with E-state index in [1.54, 1.807) is 0 Å². The Balaban J connectivity index is 2.96. The minimum Gasteiger partial charge on any atom is -0.481 e. The maximum Gasteiger partial charge on any atom is 0.305 e. The molecule has 0 amide bonds. The molecule has 0 saturated carbocycles. The van der Waals surface area contributed by atoms with Gasteiger partial charge < -0.3 is 10.4 Å². The normalized spacial score (nSPS) is 12.4. The van der Waals surface area contributed by atoms with E-state index in [9.17, 15) is 9.59 Å². The molecule has 4 heteroatoms. The average Bonchev–Trinajstić information content (AvgIpc) is 2.36. The van der Waals surface area contributed by atoms with Crippen LogP contribution in [0.25, 0.3) is 0 Å². The Bertz CT molecular complexity index is 494. The summed E-state index contributed by atoms with van der Waals surface area (Å²) in [6.07, 6.45) is -0.196. The van der Waals surface area contributed by atoms with Crippen molar-refractivity contribution in [3.05, 3.63) is 34.9 Å². The van der Waals surface area contributed by atoms with Crippen LogP contribution in [0.3, 0.4) is 0 Å². The van der Waals surface area contributed by atoms with Crippen molar-refractivity contribution in [1.29, 1.82) is 0 Å². The van der Waals surface area contributed by atoms with Crippen molar-refractivity contribution < 1.29 is 14.7 Å². The third-order valence-electron chi connectivity index (χ3n) is 3.13. The molecule has 2 N–H and O–H groups in total. The molecule has 0 aliphatic rings. The van der Waals surface area contributed by atoms with Gasteiger partial charge in [0.25, 0.3) is 0 Å². The van der Waals surface area contributed by atoms with Crippen LogP contribution in [0, 0.1) is 19.8 Å². The minimum absolute atomic E-state index is 0.144. The zero-order valence-corrected chi connectivity index (χ0v) is 12.6. The number of carbonyl (C=O) groups excluding carboxylic acids is 1. The number of ketones is 1. The minimum atomic E-state index is -0.968. The molecule has 0 aromatic heterocycles. The van der Waals surface area contributed by atoms with Gasteiger partial charge >= 0.3 is 5.97 Å². The van der Waals surface area contributed by atoms with E-state index in [4.69, 9.17) is 5.11 Å². The third kappa shape index (κ3) is 4.78. The Kier molecular flexibility index (Phi) is 5.89. The number of carboxylic acids is 1. The smallest absolute Gasteiger partial charge is 0.305 e. The Labute approximate surface area is 120 Å². The van der Waals surface area contributed by atoms with E-state index >= 15 is 0 Å². The van der Waals surface area contributed by atoms with Crippen molar-refractivity contribution in [2.75, 3.05) is 6.54 Å². The quantitative estimate of drug-likeness (QED) is 0.752. The molecule has 0 saturated heterocycles. The lowest BCUT2D eigenvalue weighted by molar-refractivity contribution is -0.137. The van der Waals surface area contributed by atoms with Crippen molar-refractivity contribution in [2.24, 2.45) is 5.92 Å². The lowest BCUT2D eigenvalue weighted by atomic mass is 9.95. The fourth-order valence-electron chi connectivity index (χ4n) is 2.00. The molecule has 1 unspecified atom stereocenters. The summed E-state index contributed by atoms with van der Waals surface area (Å²) in [5.74, 6) is -0.753. The van der Waals surface area contributed by atoms with E-state index in [1.165, 1.54) is 0 Å². The van der Waals surface area contributed by atoms with E-state index in [0.717, 1.165) is 11.1 Å². The highest BCUT2D eigenvalue weighted by atomic mass is 16.4. The first-order chi connectivity index (χ1) is 9.31. The average molecular weight is 277 g/mol. The topological polar surface area (TPSA) is 66.4 Å². The fraction of sp³-hybridized carbons (Fsp3) is 0.500. The first-order valence-corrected chi connectivity index (χ1v) is 6.88. The molecule has 20 heavy (non-hydrogen) atoms. The molecule has 110 valence electrons. The van der Waals surface area contributed by atoms with E-state index in [0.29, 0.717) is 18.0 Å². The number of aryl methyl sites for hydroxylation is 2. The molecule has 0 aliphatic heterocycles. The fourth-order valence-corrected chi connectivity index (χ4v) is 2.00. The summed E-state index contributed by atoms with van der Waals surface area (Å²) in [7, 11) is 0. The molecule has 4 nitrogen and oxygen atoms in total. The summed E-state index contributed by atoms with van der Waals surface area (Å²) in [5.41, 5.74) is 2.48. The van der Waals surface area contributed by atoms with Crippen LogP contribution in [0.15, 0.2) is 18.2 Å². The van der Waals surface area contributed by atoms with Gasteiger partial charge in [-0.1, -0.05) is 31.5 Å². The van der Waals surface area contributed by atoms with Crippen molar-refractivity contribution in [3.63, 3.8) is 0 Å². The molecule has 0 radical (unpaired) electrons. The monoisotopic (exact) mass is 277 g/mol. The number of benzene rings is 1. The third-order valence-corrected chi connectivity index (χ3v) is 3.13. The maximum absolute atomic E-state index is 12.5. The van der Waals surface area contributed by atoms with Crippen LogP contribution in [0.4, 0.5) is 0 Å². The van der Waals surface area contributed by atoms with Gasteiger partial charge in [-0.3, -0.25) is 9.59 Å². The molecule has 0 bridgehead atoms.